The average Bonchev–Trinajstić information content (AvgIpc) is 2.50. The lowest BCUT2D eigenvalue weighted by atomic mass is 10.2. The highest BCUT2D eigenvalue weighted by Crippen LogP contribution is 2.24. The molecule has 0 aliphatic carbocycles. The van der Waals surface area contributed by atoms with E-state index in [0.717, 1.165) is 0 Å². The molecule has 110 valence electrons. The number of anilines is 2. The molecule has 0 aliphatic rings. The van der Waals surface area contributed by atoms with E-state index < -0.39 is 6.10 Å². The van der Waals surface area contributed by atoms with E-state index in [1.54, 1.807) is 44.4 Å². The first kappa shape index (κ1) is 14.7. The van der Waals surface area contributed by atoms with Crippen LogP contribution < -0.4 is 20.5 Å². The molecular weight excluding hydrogens is 268 g/mol. The molecule has 0 fully saturated rings. The number of carbonyl (C=O) groups is 1. The van der Waals surface area contributed by atoms with Crippen LogP contribution in [0.5, 0.6) is 11.5 Å². The van der Waals surface area contributed by atoms with Crippen LogP contribution in [0.1, 0.15) is 6.92 Å². The molecular formula is C16H18N2O3. The van der Waals surface area contributed by atoms with Crippen LogP contribution in [-0.2, 0) is 4.79 Å². The van der Waals surface area contributed by atoms with Gasteiger partial charge in [-0.05, 0) is 31.2 Å². The highest BCUT2D eigenvalue weighted by molar-refractivity contribution is 5.96. The molecule has 5 nitrogen and oxygen atoms in total. The van der Waals surface area contributed by atoms with Crippen molar-refractivity contribution >= 4 is 17.3 Å². The Balaban J connectivity index is 2.00. The Morgan fingerprint density at radius 3 is 2.48 bits per heavy atom. The minimum absolute atomic E-state index is 0.268. The van der Waals surface area contributed by atoms with Crippen LogP contribution in [0.2, 0.25) is 0 Å². The molecule has 3 N–H and O–H groups in total. The van der Waals surface area contributed by atoms with Crippen molar-refractivity contribution in [2.45, 2.75) is 13.0 Å². The van der Waals surface area contributed by atoms with Crippen molar-refractivity contribution in [3.8, 4) is 11.5 Å². The predicted octanol–water partition coefficient (Wildman–Crippen LogP) is 2.68. The Morgan fingerprint density at radius 1 is 1.14 bits per heavy atom. The van der Waals surface area contributed by atoms with Gasteiger partial charge in [0.1, 0.15) is 11.5 Å². The van der Waals surface area contributed by atoms with Gasteiger partial charge in [0.2, 0.25) is 0 Å². The molecule has 2 aromatic carbocycles. The lowest BCUT2D eigenvalue weighted by Crippen LogP contribution is -2.30. The van der Waals surface area contributed by atoms with E-state index >= 15 is 0 Å². The molecule has 0 bridgehead atoms. The molecule has 1 amide bonds. The second kappa shape index (κ2) is 6.65. The molecule has 21 heavy (non-hydrogen) atoms. The third kappa shape index (κ3) is 3.89. The van der Waals surface area contributed by atoms with Crippen LogP contribution in [0.15, 0.2) is 48.5 Å². The summed E-state index contributed by atoms with van der Waals surface area (Å²) < 4.78 is 10.6. The lowest BCUT2D eigenvalue weighted by Gasteiger charge is -2.15. The molecule has 1 unspecified atom stereocenters. The molecule has 2 aromatic rings. The van der Waals surface area contributed by atoms with Crippen LogP contribution >= 0.6 is 0 Å². The Morgan fingerprint density at radius 2 is 1.86 bits per heavy atom. The van der Waals surface area contributed by atoms with Gasteiger partial charge in [0.25, 0.3) is 5.91 Å². The highest BCUT2D eigenvalue weighted by atomic mass is 16.5. The Kier molecular flexibility index (Phi) is 4.66. The van der Waals surface area contributed by atoms with E-state index in [1.165, 1.54) is 0 Å². The van der Waals surface area contributed by atoms with Crippen molar-refractivity contribution in [1.29, 1.82) is 0 Å². The summed E-state index contributed by atoms with van der Waals surface area (Å²) in [6.07, 6.45) is -0.631. The number of hydrogen-bond donors (Lipinski definition) is 2. The summed E-state index contributed by atoms with van der Waals surface area (Å²) in [5, 5.41) is 2.74. The van der Waals surface area contributed by atoms with Gasteiger partial charge in [0.15, 0.2) is 6.10 Å². The fourth-order valence-electron chi connectivity index (χ4n) is 1.77. The quantitative estimate of drug-likeness (QED) is 0.829. The smallest absolute Gasteiger partial charge is 0.265 e. The second-order valence-corrected chi connectivity index (χ2v) is 4.52. The van der Waals surface area contributed by atoms with Crippen molar-refractivity contribution in [3.05, 3.63) is 48.5 Å². The van der Waals surface area contributed by atoms with Gasteiger partial charge in [-0.3, -0.25) is 4.79 Å². The third-order valence-corrected chi connectivity index (χ3v) is 2.94. The van der Waals surface area contributed by atoms with E-state index in [-0.39, 0.29) is 5.91 Å². The molecule has 0 aromatic heterocycles. The monoisotopic (exact) mass is 286 g/mol. The van der Waals surface area contributed by atoms with Crippen LogP contribution in [0.4, 0.5) is 11.4 Å². The first-order chi connectivity index (χ1) is 10.1. The van der Waals surface area contributed by atoms with Crippen LogP contribution in [0.3, 0.4) is 0 Å². The predicted molar refractivity (Wildman–Crippen MR) is 82.6 cm³/mol. The van der Waals surface area contributed by atoms with Gasteiger partial charge in [-0.1, -0.05) is 18.2 Å². The summed E-state index contributed by atoms with van der Waals surface area (Å²) in [6.45, 7) is 1.68. The Labute approximate surface area is 123 Å². The minimum atomic E-state index is -0.631. The summed E-state index contributed by atoms with van der Waals surface area (Å²) in [5.74, 6) is 1.01. The van der Waals surface area contributed by atoms with E-state index in [9.17, 15) is 4.79 Å². The van der Waals surface area contributed by atoms with E-state index in [4.69, 9.17) is 15.2 Å². The second-order valence-electron chi connectivity index (χ2n) is 4.52. The Hall–Kier alpha value is -2.69. The fourth-order valence-corrected chi connectivity index (χ4v) is 1.77. The zero-order chi connectivity index (χ0) is 15.2. The summed E-state index contributed by atoms with van der Waals surface area (Å²) in [4.78, 5) is 12.1. The van der Waals surface area contributed by atoms with E-state index in [1.807, 2.05) is 18.2 Å². The minimum Gasteiger partial charge on any atom is -0.497 e. The van der Waals surface area contributed by atoms with Crippen molar-refractivity contribution < 1.29 is 14.3 Å². The highest BCUT2D eigenvalue weighted by Gasteiger charge is 2.16. The number of methoxy groups -OCH3 is 1. The molecule has 0 heterocycles. The first-order valence-electron chi connectivity index (χ1n) is 6.56. The number of rotatable bonds is 5. The van der Waals surface area contributed by atoms with Gasteiger partial charge in [-0.25, -0.2) is 0 Å². The molecule has 0 saturated carbocycles. The van der Waals surface area contributed by atoms with E-state index in [0.29, 0.717) is 22.9 Å². The number of ether oxygens (including phenoxy) is 2. The normalized spacial score (nSPS) is 11.5. The summed E-state index contributed by atoms with van der Waals surface area (Å²) in [7, 11) is 1.56. The fraction of sp³-hybridized carbons (Fsp3) is 0.188. The summed E-state index contributed by atoms with van der Waals surface area (Å²) in [5.41, 5.74) is 6.83. The molecule has 0 spiro atoms. The van der Waals surface area contributed by atoms with Crippen LogP contribution in [-0.4, -0.2) is 19.1 Å². The van der Waals surface area contributed by atoms with Crippen LogP contribution in [0, 0.1) is 0 Å². The van der Waals surface area contributed by atoms with Gasteiger partial charge < -0.3 is 20.5 Å². The maximum Gasteiger partial charge on any atom is 0.265 e. The number of nitrogen functional groups attached to an aromatic ring is 1. The molecule has 0 radical (unpaired) electrons. The number of nitrogens with one attached hydrogen (secondary N) is 1. The van der Waals surface area contributed by atoms with Crippen LogP contribution in [0.25, 0.3) is 0 Å². The van der Waals surface area contributed by atoms with Gasteiger partial charge in [0, 0.05) is 6.07 Å². The third-order valence-electron chi connectivity index (χ3n) is 2.94. The van der Waals surface area contributed by atoms with Crippen molar-refractivity contribution in [3.63, 3.8) is 0 Å². The number of para-hydroxylation sites is 1. The topological polar surface area (TPSA) is 73.6 Å². The molecule has 2 rings (SSSR count). The maximum atomic E-state index is 12.1. The maximum absolute atomic E-state index is 12.1. The average molecular weight is 286 g/mol. The molecule has 5 heteroatoms. The van der Waals surface area contributed by atoms with Crippen molar-refractivity contribution in [2.24, 2.45) is 0 Å². The SMILES string of the molecule is COc1ccc(NC(=O)C(C)Oc2ccccc2)c(N)c1. The van der Waals surface area contributed by atoms with Gasteiger partial charge >= 0.3 is 0 Å². The summed E-state index contributed by atoms with van der Waals surface area (Å²) >= 11 is 0. The van der Waals surface area contributed by atoms with Crippen molar-refractivity contribution in [1.82, 2.24) is 0 Å². The number of carbonyl (C=O) groups excluding carboxylic acids is 1. The van der Waals surface area contributed by atoms with Crippen molar-refractivity contribution in [2.75, 3.05) is 18.2 Å². The largest absolute Gasteiger partial charge is 0.497 e. The first-order valence-corrected chi connectivity index (χ1v) is 6.56. The molecule has 0 aliphatic heterocycles. The number of hydrogen-bond acceptors (Lipinski definition) is 4. The molecule has 0 saturated heterocycles. The Bertz CT molecular complexity index is 614. The number of amides is 1. The standard InChI is InChI=1S/C16H18N2O3/c1-11(21-12-6-4-3-5-7-12)16(19)18-15-9-8-13(20-2)10-14(15)17/h3-11H,17H2,1-2H3,(H,18,19). The molecule has 1 atom stereocenters. The zero-order valence-corrected chi connectivity index (χ0v) is 12.0. The zero-order valence-electron chi connectivity index (χ0n) is 12.0. The number of nitrogens with two attached hydrogens (primary N) is 1. The van der Waals surface area contributed by atoms with Gasteiger partial charge in [-0.15, -0.1) is 0 Å². The van der Waals surface area contributed by atoms with E-state index in [2.05, 4.69) is 5.32 Å². The number of benzene rings is 2. The summed E-state index contributed by atoms with van der Waals surface area (Å²) in [6, 6.07) is 14.3. The van der Waals surface area contributed by atoms with Gasteiger partial charge in [0.05, 0.1) is 18.5 Å². The lowest BCUT2D eigenvalue weighted by molar-refractivity contribution is -0.122. The van der Waals surface area contributed by atoms with Gasteiger partial charge in [-0.2, -0.15) is 0 Å².